The number of pyridine rings is 2. The van der Waals surface area contributed by atoms with Gasteiger partial charge in [0.25, 0.3) is 0 Å². The Balaban J connectivity index is 0.000000226. The van der Waals surface area contributed by atoms with Gasteiger partial charge in [0.05, 0.1) is 8.07 Å². The predicted molar refractivity (Wildman–Crippen MR) is 191 cm³/mol. The number of aliphatic hydroxyl groups is 1. The Hall–Kier alpha value is -3.05. The number of benzene rings is 3. The average Bonchev–Trinajstić information content (AvgIpc) is 3.37. The molecule has 0 fully saturated rings. The van der Waals surface area contributed by atoms with Crippen LogP contribution in [0.15, 0.2) is 72.6 Å². The van der Waals surface area contributed by atoms with Gasteiger partial charge in [0.2, 0.25) is 0 Å². The van der Waals surface area contributed by atoms with Gasteiger partial charge in [-0.3, -0.25) is 4.79 Å². The molecule has 0 aliphatic carbocycles. The van der Waals surface area contributed by atoms with E-state index >= 15 is 0 Å². The summed E-state index contributed by atoms with van der Waals surface area (Å²) in [5, 5.41) is 17.8. The number of rotatable bonds is 8. The SMILES string of the molecule is CCC(C)(CC)C(=O)/C=C(\O)C(C)(CC)CC.C[Si](C)(C)c1cc2ccnc3c4[c-]ccc5c6ccccc6n(c(c1)c23)c45.[Ir]. The first-order chi connectivity index (χ1) is 20.8. The van der Waals surface area contributed by atoms with E-state index in [4.69, 9.17) is 4.98 Å². The molecule has 45 heavy (non-hydrogen) atoms. The zero-order valence-corrected chi connectivity index (χ0v) is 31.7. The summed E-state index contributed by atoms with van der Waals surface area (Å²) in [5.74, 6) is 0.286. The van der Waals surface area contributed by atoms with Gasteiger partial charge in [-0.15, -0.1) is 23.6 Å². The number of nitrogens with zero attached hydrogens (tertiary/aromatic N) is 2. The van der Waals surface area contributed by atoms with Crippen LogP contribution in [0.2, 0.25) is 19.6 Å². The first-order valence-electron chi connectivity index (χ1n) is 16.2. The van der Waals surface area contributed by atoms with E-state index in [-0.39, 0.29) is 42.5 Å². The van der Waals surface area contributed by atoms with Crippen molar-refractivity contribution in [2.75, 3.05) is 0 Å². The van der Waals surface area contributed by atoms with E-state index in [0.717, 1.165) is 36.6 Å². The molecule has 1 radical (unpaired) electrons. The number of carbonyl (C=O) groups excluding carboxylic acids is 1. The van der Waals surface area contributed by atoms with Gasteiger partial charge in [0, 0.05) is 54.2 Å². The molecule has 0 unspecified atom stereocenters. The molecule has 0 spiro atoms. The number of ketones is 1. The molecule has 1 N–H and O–H groups in total. The molecule has 6 aromatic rings. The van der Waals surface area contributed by atoms with Crippen LogP contribution in [0.3, 0.4) is 0 Å². The molecule has 0 atom stereocenters. The molecule has 4 nitrogen and oxygen atoms in total. The molecule has 3 aromatic carbocycles. The Morgan fingerprint density at radius 3 is 2.18 bits per heavy atom. The van der Waals surface area contributed by atoms with Crippen molar-refractivity contribution in [3.63, 3.8) is 0 Å². The van der Waals surface area contributed by atoms with Gasteiger partial charge in [0.1, 0.15) is 5.76 Å². The number of para-hydroxylation sites is 1. The van der Waals surface area contributed by atoms with Crippen molar-refractivity contribution in [2.45, 2.75) is 86.9 Å². The molecule has 6 heteroatoms. The molecular weight excluding hydrogens is 749 g/mol. The maximum absolute atomic E-state index is 12.2. The average molecular weight is 796 g/mol. The maximum atomic E-state index is 12.2. The fraction of sp³-hybridized carbons (Fsp3) is 0.385. The summed E-state index contributed by atoms with van der Waals surface area (Å²) in [6.07, 6.45) is 6.70. The van der Waals surface area contributed by atoms with Crippen LogP contribution < -0.4 is 5.19 Å². The van der Waals surface area contributed by atoms with Crippen LogP contribution in [0, 0.1) is 16.9 Å². The van der Waals surface area contributed by atoms with Crippen LogP contribution in [-0.2, 0) is 24.9 Å². The molecule has 0 bridgehead atoms. The van der Waals surface area contributed by atoms with Gasteiger partial charge < -0.3 is 14.5 Å². The van der Waals surface area contributed by atoms with Crippen LogP contribution in [0.5, 0.6) is 0 Å². The van der Waals surface area contributed by atoms with Gasteiger partial charge in [-0.1, -0.05) is 96.0 Å². The molecule has 0 amide bonds. The standard InChI is InChI=1S/C24H19N2Si.C15H28O2.Ir/c1-27(2,3)16-13-15-11-12-25-23-19-9-6-8-18-17-7-4-5-10-20(17)26(24(18)19)21(14-16)22(15)23;1-7-14(5,8-2)12(16)11-13(17)15(6,9-3)10-4;/h4-8,10-14H,1-3H3;11,16H,7-10H2,1-6H3;/q-1;;/b;12-11-;. The van der Waals surface area contributed by atoms with Crippen molar-refractivity contribution in [3.05, 3.63) is 78.7 Å². The summed E-state index contributed by atoms with van der Waals surface area (Å²) >= 11 is 0. The number of hydrogen-bond donors (Lipinski definition) is 1. The zero-order valence-electron chi connectivity index (χ0n) is 28.3. The Morgan fingerprint density at radius 1 is 0.911 bits per heavy atom. The smallest absolute Gasteiger partial charge is 0.164 e. The second-order valence-corrected chi connectivity index (χ2v) is 19.0. The van der Waals surface area contributed by atoms with E-state index < -0.39 is 8.07 Å². The molecule has 3 aromatic heterocycles. The summed E-state index contributed by atoms with van der Waals surface area (Å²) in [4.78, 5) is 17.0. The Morgan fingerprint density at radius 2 is 1.56 bits per heavy atom. The minimum atomic E-state index is -1.45. The normalized spacial score (nSPS) is 13.0. The molecule has 0 saturated heterocycles. The summed E-state index contributed by atoms with van der Waals surface area (Å²) in [5.41, 5.74) is 4.22. The molecular formula is C39H47IrN2O2Si-. The Labute approximate surface area is 282 Å². The van der Waals surface area contributed by atoms with Crippen molar-refractivity contribution < 1.29 is 30.0 Å². The molecule has 0 aliphatic rings. The van der Waals surface area contributed by atoms with Crippen molar-refractivity contribution in [3.8, 4) is 0 Å². The van der Waals surface area contributed by atoms with Crippen LogP contribution in [0.4, 0.5) is 0 Å². The van der Waals surface area contributed by atoms with E-state index in [9.17, 15) is 9.90 Å². The van der Waals surface area contributed by atoms with Crippen molar-refractivity contribution in [1.82, 2.24) is 9.38 Å². The molecule has 6 rings (SSSR count). The largest absolute Gasteiger partial charge is 0.512 e. The van der Waals surface area contributed by atoms with Crippen LogP contribution >= 0.6 is 0 Å². The minimum Gasteiger partial charge on any atom is -0.512 e. The van der Waals surface area contributed by atoms with E-state index in [1.807, 2.05) is 53.8 Å². The third-order valence-corrected chi connectivity index (χ3v) is 12.4. The van der Waals surface area contributed by atoms with Gasteiger partial charge in [-0.2, -0.15) is 0 Å². The molecule has 0 saturated carbocycles. The molecule has 0 aliphatic heterocycles. The number of hydrogen-bond acceptors (Lipinski definition) is 3. The van der Waals surface area contributed by atoms with E-state index in [1.54, 1.807) is 0 Å². The van der Waals surface area contributed by atoms with Gasteiger partial charge >= 0.3 is 0 Å². The third-order valence-electron chi connectivity index (χ3n) is 10.4. The topological polar surface area (TPSA) is 54.6 Å². The van der Waals surface area contributed by atoms with E-state index in [2.05, 4.69) is 78.6 Å². The van der Waals surface area contributed by atoms with Gasteiger partial charge in [0.15, 0.2) is 5.78 Å². The van der Waals surface area contributed by atoms with E-state index in [1.165, 1.54) is 49.4 Å². The molecule has 239 valence electrons. The number of carbonyl (C=O) groups is 1. The number of aliphatic hydroxyl groups excluding tert-OH is 1. The second-order valence-electron chi connectivity index (χ2n) is 13.9. The van der Waals surface area contributed by atoms with Gasteiger partial charge in [-0.05, 0) is 71.1 Å². The summed E-state index contributed by atoms with van der Waals surface area (Å²) < 4.78 is 2.44. The fourth-order valence-corrected chi connectivity index (χ4v) is 7.32. The summed E-state index contributed by atoms with van der Waals surface area (Å²) in [6.45, 7) is 19.3. The van der Waals surface area contributed by atoms with Crippen LogP contribution in [0.1, 0.15) is 67.2 Å². The third kappa shape index (κ3) is 5.98. The molecule has 3 heterocycles. The van der Waals surface area contributed by atoms with Crippen LogP contribution in [-0.4, -0.2) is 28.3 Å². The number of aromatic nitrogens is 2. The summed E-state index contributed by atoms with van der Waals surface area (Å²) in [7, 11) is -1.45. The first kappa shape index (κ1) is 34.8. The maximum Gasteiger partial charge on any atom is 0.164 e. The first-order valence-corrected chi connectivity index (χ1v) is 19.7. The minimum absolute atomic E-state index is 0. The summed E-state index contributed by atoms with van der Waals surface area (Å²) in [6, 6.07) is 23.4. The van der Waals surface area contributed by atoms with E-state index in [0.29, 0.717) is 0 Å². The van der Waals surface area contributed by atoms with Crippen molar-refractivity contribution in [1.29, 1.82) is 0 Å². The second kappa shape index (κ2) is 13.0. The number of allylic oxidation sites excluding steroid dienone is 2. The Kier molecular flexibility index (Phi) is 10.0. The Bertz CT molecular complexity index is 2010. The fourth-order valence-electron chi connectivity index (χ4n) is 6.16. The van der Waals surface area contributed by atoms with Gasteiger partial charge in [-0.25, -0.2) is 0 Å². The zero-order chi connectivity index (χ0) is 32.0. The predicted octanol–water partition coefficient (Wildman–Crippen LogP) is 10.4. The monoisotopic (exact) mass is 796 g/mol. The van der Waals surface area contributed by atoms with Crippen molar-refractivity contribution >= 4 is 68.0 Å². The van der Waals surface area contributed by atoms with Crippen LogP contribution in [0.25, 0.3) is 49.0 Å². The number of fused-ring (bicyclic) bond motifs is 5. The quantitative estimate of drug-likeness (QED) is 0.0417. The van der Waals surface area contributed by atoms with Crippen molar-refractivity contribution in [2.24, 2.45) is 10.8 Å².